The minimum Gasteiger partial charge on any atom is -0.317 e. The zero-order valence-corrected chi connectivity index (χ0v) is 13.4. The largest absolute Gasteiger partial charge is 0.317 e. The molecule has 3 rings (SSSR count). The molecular weight excluding hydrogens is 256 g/mol. The van der Waals surface area contributed by atoms with Gasteiger partial charge in [0.05, 0.1) is 0 Å². The lowest BCUT2D eigenvalue weighted by atomic mass is 9.78. The highest BCUT2D eigenvalue weighted by atomic mass is 15.2. The highest BCUT2D eigenvalue weighted by molar-refractivity contribution is 5.22. The first-order valence-electron chi connectivity index (χ1n) is 8.84. The maximum absolute atomic E-state index is 3.55. The van der Waals surface area contributed by atoms with E-state index in [4.69, 9.17) is 0 Å². The topological polar surface area (TPSA) is 15.3 Å². The second kappa shape index (κ2) is 7.42. The number of hydrogen-bond acceptors (Lipinski definition) is 2. The van der Waals surface area contributed by atoms with E-state index in [2.05, 4.69) is 47.6 Å². The Morgan fingerprint density at radius 2 is 1.71 bits per heavy atom. The van der Waals surface area contributed by atoms with E-state index in [1.165, 1.54) is 58.0 Å². The number of nitrogens with zero attached hydrogens (tertiary/aromatic N) is 1. The molecule has 1 saturated carbocycles. The Labute approximate surface area is 129 Å². The molecule has 3 unspecified atom stereocenters. The molecule has 1 aliphatic carbocycles. The molecule has 1 N–H and O–H groups in total. The summed E-state index contributed by atoms with van der Waals surface area (Å²) in [5.74, 6) is 0.737. The molecule has 116 valence electrons. The molecule has 2 nitrogen and oxygen atoms in total. The summed E-state index contributed by atoms with van der Waals surface area (Å²) in [4.78, 5) is 2.74. The third-order valence-electron chi connectivity index (χ3n) is 5.60. The second-order valence-corrected chi connectivity index (χ2v) is 6.87. The van der Waals surface area contributed by atoms with Crippen molar-refractivity contribution in [2.75, 3.05) is 20.1 Å². The lowest BCUT2D eigenvalue weighted by molar-refractivity contribution is 0.110. The highest BCUT2D eigenvalue weighted by Gasteiger charge is 2.32. The quantitative estimate of drug-likeness (QED) is 0.909. The molecule has 2 aliphatic rings. The number of rotatable bonds is 3. The lowest BCUT2D eigenvalue weighted by Crippen LogP contribution is -2.45. The maximum atomic E-state index is 3.55. The summed E-state index contributed by atoms with van der Waals surface area (Å²) in [6.45, 7) is 2.40. The molecule has 21 heavy (non-hydrogen) atoms. The van der Waals surface area contributed by atoms with Crippen LogP contribution in [0.4, 0.5) is 0 Å². The first-order valence-corrected chi connectivity index (χ1v) is 8.84. The third kappa shape index (κ3) is 3.67. The monoisotopic (exact) mass is 286 g/mol. The van der Waals surface area contributed by atoms with E-state index in [-0.39, 0.29) is 0 Å². The van der Waals surface area contributed by atoms with Gasteiger partial charge in [0.2, 0.25) is 0 Å². The summed E-state index contributed by atoms with van der Waals surface area (Å²) in [6.07, 6.45) is 9.55. The van der Waals surface area contributed by atoms with Crippen LogP contribution in [0.5, 0.6) is 0 Å². The Morgan fingerprint density at radius 3 is 2.57 bits per heavy atom. The number of hydrogen-bond donors (Lipinski definition) is 1. The van der Waals surface area contributed by atoms with E-state index < -0.39 is 0 Å². The van der Waals surface area contributed by atoms with Crippen LogP contribution in [0.1, 0.15) is 56.4 Å². The Bertz CT molecular complexity index is 409. The van der Waals surface area contributed by atoms with Crippen molar-refractivity contribution < 1.29 is 0 Å². The van der Waals surface area contributed by atoms with Gasteiger partial charge >= 0.3 is 0 Å². The summed E-state index contributed by atoms with van der Waals surface area (Å²) >= 11 is 0. The molecule has 0 aromatic heterocycles. The summed E-state index contributed by atoms with van der Waals surface area (Å²) in [5, 5.41) is 3.55. The Hall–Kier alpha value is -0.860. The summed E-state index contributed by atoms with van der Waals surface area (Å²) in [5.41, 5.74) is 1.56. The van der Waals surface area contributed by atoms with Gasteiger partial charge in [0.15, 0.2) is 0 Å². The van der Waals surface area contributed by atoms with Crippen molar-refractivity contribution in [2.45, 2.75) is 62.9 Å². The van der Waals surface area contributed by atoms with Gasteiger partial charge < -0.3 is 5.32 Å². The molecule has 1 aliphatic heterocycles. The van der Waals surface area contributed by atoms with E-state index >= 15 is 0 Å². The Balaban J connectivity index is 1.73. The molecule has 0 amide bonds. The number of nitrogens with one attached hydrogen (secondary N) is 1. The van der Waals surface area contributed by atoms with Crippen LogP contribution < -0.4 is 5.32 Å². The molecule has 2 heteroatoms. The van der Waals surface area contributed by atoms with Crippen molar-refractivity contribution in [3.05, 3.63) is 35.9 Å². The summed E-state index contributed by atoms with van der Waals surface area (Å²) < 4.78 is 0. The first kappa shape index (κ1) is 15.1. The minimum absolute atomic E-state index is 0.737. The molecule has 0 radical (unpaired) electrons. The van der Waals surface area contributed by atoms with Crippen molar-refractivity contribution in [2.24, 2.45) is 0 Å². The second-order valence-electron chi connectivity index (χ2n) is 6.87. The zero-order valence-electron chi connectivity index (χ0n) is 13.4. The van der Waals surface area contributed by atoms with Crippen LogP contribution in [0.3, 0.4) is 0 Å². The van der Waals surface area contributed by atoms with Crippen LogP contribution in [-0.4, -0.2) is 37.1 Å². The van der Waals surface area contributed by atoms with Gasteiger partial charge in [-0.1, -0.05) is 43.2 Å². The van der Waals surface area contributed by atoms with Gasteiger partial charge in [-0.15, -0.1) is 0 Å². The molecule has 1 saturated heterocycles. The normalized spacial score (nSPS) is 31.0. The van der Waals surface area contributed by atoms with E-state index in [1.54, 1.807) is 5.56 Å². The molecule has 0 bridgehead atoms. The van der Waals surface area contributed by atoms with Gasteiger partial charge in [0.25, 0.3) is 0 Å². The van der Waals surface area contributed by atoms with E-state index in [9.17, 15) is 0 Å². The van der Waals surface area contributed by atoms with E-state index in [1.807, 2.05) is 0 Å². The third-order valence-corrected chi connectivity index (χ3v) is 5.60. The van der Waals surface area contributed by atoms with Gasteiger partial charge in [-0.2, -0.15) is 0 Å². The molecule has 1 heterocycles. The highest BCUT2D eigenvalue weighted by Crippen LogP contribution is 2.37. The van der Waals surface area contributed by atoms with Gasteiger partial charge in [-0.25, -0.2) is 0 Å². The van der Waals surface area contributed by atoms with Gasteiger partial charge in [0, 0.05) is 12.1 Å². The van der Waals surface area contributed by atoms with Crippen molar-refractivity contribution >= 4 is 0 Å². The van der Waals surface area contributed by atoms with Crippen LogP contribution in [0, 0.1) is 0 Å². The number of benzene rings is 1. The molecular formula is C19H30N2. The predicted molar refractivity (Wildman–Crippen MR) is 89.7 cm³/mol. The first-order chi connectivity index (χ1) is 10.4. The minimum atomic E-state index is 0.737. The predicted octanol–water partition coefficient (Wildman–Crippen LogP) is 3.79. The molecule has 1 aromatic rings. The van der Waals surface area contributed by atoms with E-state index in [0.717, 1.165) is 18.0 Å². The molecule has 1 aromatic carbocycles. The smallest absolute Gasteiger partial charge is 0.0164 e. The molecule has 0 spiro atoms. The van der Waals surface area contributed by atoms with Crippen LogP contribution in [0.25, 0.3) is 0 Å². The maximum Gasteiger partial charge on any atom is 0.0164 e. The standard InChI is InChI=1S/C19H30N2/c1-21(17-10-7-14-20-15-13-17)19-12-6-5-11-18(19)16-8-3-2-4-9-16/h2-4,8-9,17-20H,5-7,10-15H2,1H3. The van der Waals surface area contributed by atoms with Gasteiger partial charge in [0.1, 0.15) is 0 Å². The molecule has 3 atom stereocenters. The van der Waals surface area contributed by atoms with Crippen LogP contribution in [0.2, 0.25) is 0 Å². The summed E-state index contributed by atoms with van der Waals surface area (Å²) in [6, 6.07) is 12.7. The van der Waals surface area contributed by atoms with Crippen molar-refractivity contribution in [3.63, 3.8) is 0 Å². The van der Waals surface area contributed by atoms with Crippen molar-refractivity contribution in [3.8, 4) is 0 Å². The Morgan fingerprint density at radius 1 is 0.905 bits per heavy atom. The van der Waals surface area contributed by atoms with Crippen molar-refractivity contribution in [1.29, 1.82) is 0 Å². The summed E-state index contributed by atoms with van der Waals surface area (Å²) in [7, 11) is 2.39. The van der Waals surface area contributed by atoms with E-state index in [0.29, 0.717) is 0 Å². The Kier molecular flexibility index (Phi) is 5.32. The van der Waals surface area contributed by atoms with Crippen LogP contribution in [0.15, 0.2) is 30.3 Å². The van der Waals surface area contributed by atoms with Crippen molar-refractivity contribution in [1.82, 2.24) is 10.2 Å². The fourth-order valence-corrected chi connectivity index (χ4v) is 4.37. The van der Waals surface area contributed by atoms with Crippen LogP contribution in [-0.2, 0) is 0 Å². The average Bonchev–Trinajstić information content (AvgIpc) is 2.84. The van der Waals surface area contributed by atoms with Gasteiger partial charge in [-0.3, -0.25) is 4.90 Å². The SMILES string of the molecule is CN(C1CCCNCC1)C1CCCCC1c1ccccc1. The average molecular weight is 286 g/mol. The zero-order chi connectivity index (χ0) is 14.5. The van der Waals surface area contributed by atoms with Crippen LogP contribution >= 0.6 is 0 Å². The fraction of sp³-hybridized carbons (Fsp3) is 0.684. The van der Waals surface area contributed by atoms with Gasteiger partial charge in [-0.05, 0) is 63.7 Å². The fourth-order valence-electron chi connectivity index (χ4n) is 4.37. The lowest BCUT2D eigenvalue weighted by Gasteiger charge is -2.42. The number of likely N-dealkylation sites (N-methyl/N-ethyl adjacent to an activating group) is 1. The molecule has 2 fully saturated rings.